The van der Waals surface area contributed by atoms with E-state index in [1.165, 1.54) is 4.57 Å². The van der Waals surface area contributed by atoms with Gasteiger partial charge in [-0.05, 0) is 30.9 Å². The number of hydrogen-bond donors (Lipinski definition) is 0. The van der Waals surface area contributed by atoms with E-state index >= 15 is 0 Å². The third-order valence-corrected chi connectivity index (χ3v) is 5.55. The van der Waals surface area contributed by atoms with Gasteiger partial charge < -0.3 is 13.9 Å². The Morgan fingerprint density at radius 2 is 2.00 bits per heavy atom. The molecule has 1 fully saturated rings. The number of aromatic nitrogens is 3. The van der Waals surface area contributed by atoms with Gasteiger partial charge in [0.2, 0.25) is 5.91 Å². The summed E-state index contributed by atoms with van der Waals surface area (Å²) in [6, 6.07) is 7.19. The van der Waals surface area contributed by atoms with Crippen molar-refractivity contribution in [3.8, 4) is 0 Å². The zero-order valence-corrected chi connectivity index (χ0v) is 16.4. The molecule has 0 bridgehead atoms. The minimum atomic E-state index is -0.481. The van der Waals surface area contributed by atoms with E-state index in [1.54, 1.807) is 12.1 Å². The van der Waals surface area contributed by atoms with Crippen molar-refractivity contribution in [2.24, 2.45) is 5.92 Å². The van der Waals surface area contributed by atoms with Crippen LogP contribution in [0.5, 0.6) is 0 Å². The highest BCUT2D eigenvalue weighted by Gasteiger charge is 2.25. The first-order valence-corrected chi connectivity index (χ1v) is 9.90. The van der Waals surface area contributed by atoms with Gasteiger partial charge in [0, 0.05) is 37.9 Å². The van der Waals surface area contributed by atoms with Crippen LogP contribution in [0.15, 0.2) is 45.9 Å². The zero-order chi connectivity index (χ0) is 19.7. The van der Waals surface area contributed by atoms with Gasteiger partial charge in [0.15, 0.2) is 5.58 Å². The Bertz CT molecular complexity index is 1020. The fourth-order valence-corrected chi connectivity index (χ4v) is 4.02. The maximum absolute atomic E-state index is 12.7. The summed E-state index contributed by atoms with van der Waals surface area (Å²) in [5, 5.41) is 0. The number of nitrogens with zero attached hydrogens (tertiary/aromatic N) is 4. The van der Waals surface area contributed by atoms with Gasteiger partial charge >= 0.3 is 5.76 Å². The Hall–Kier alpha value is -2.83. The fourth-order valence-electron chi connectivity index (χ4n) is 4.02. The van der Waals surface area contributed by atoms with Crippen LogP contribution in [-0.4, -0.2) is 38.0 Å². The molecule has 148 valence electrons. The summed E-state index contributed by atoms with van der Waals surface area (Å²) in [6.07, 6.45) is 5.83. The second kappa shape index (κ2) is 7.66. The van der Waals surface area contributed by atoms with Gasteiger partial charge in [0.25, 0.3) is 0 Å². The molecule has 0 spiro atoms. The Morgan fingerprint density at radius 3 is 2.75 bits per heavy atom. The predicted octanol–water partition coefficient (Wildman–Crippen LogP) is 2.85. The molecule has 0 atom stereocenters. The first kappa shape index (κ1) is 18.5. The normalized spacial score (nSPS) is 15.6. The van der Waals surface area contributed by atoms with Crippen LogP contribution in [0.3, 0.4) is 0 Å². The summed E-state index contributed by atoms with van der Waals surface area (Å²) in [5.41, 5.74) is 1.18. The SMILES string of the molecule is CC(C)c1nccn1CC1CCN(C(=O)Cn2c(=O)oc3ccccc32)CC1. The molecule has 1 saturated heterocycles. The molecule has 0 N–H and O–H groups in total. The molecule has 0 radical (unpaired) electrons. The van der Waals surface area contributed by atoms with Gasteiger partial charge in [-0.1, -0.05) is 26.0 Å². The molecule has 0 saturated carbocycles. The quantitative estimate of drug-likeness (QED) is 0.680. The van der Waals surface area contributed by atoms with E-state index in [-0.39, 0.29) is 12.5 Å². The molecule has 1 aromatic carbocycles. The lowest BCUT2D eigenvalue weighted by Crippen LogP contribution is -2.41. The summed E-state index contributed by atoms with van der Waals surface area (Å²) < 4.78 is 8.88. The Kier molecular flexibility index (Phi) is 5.07. The molecular formula is C21H26N4O3. The Balaban J connectivity index is 1.37. The molecule has 0 unspecified atom stereocenters. The molecule has 28 heavy (non-hydrogen) atoms. The molecule has 7 nitrogen and oxygen atoms in total. The highest BCUT2D eigenvalue weighted by atomic mass is 16.4. The topological polar surface area (TPSA) is 73.3 Å². The van der Waals surface area contributed by atoms with Crippen molar-refractivity contribution in [1.82, 2.24) is 19.0 Å². The van der Waals surface area contributed by atoms with Crippen molar-refractivity contribution in [1.29, 1.82) is 0 Å². The van der Waals surface area contributed by atoms with Crippen molar-refractivity contribution in [3.63, 3.8) is 0 Å². The summed E-state index contributed by atoms with van der Waals surface area (Å²) in [7, 11) is 0. The molecule has 1 amide bonds. The van der Waals surface area contributed by atoms with Crippen LogP contribution < -0.4 is 5.76 Å². The number of carbonyl (C=O) groups excluding carboxylic acids is 1. The van der Waals surface area contributed by atoms with E-state index in [1.807, 2.05) is 29.4 Å². The van der Waals surface area contributed by atoms with Crippen molar-refractivity contribution in [2.75, 3.05) is 13.1 Å². The van der Waals surface area contributed by atoms with Gasteiger partial charge in [0.05, 0.1) is 5.52 Å². The average molecular weight is 382 g/mol. The van der Waals surface area contributed by atoms with Crippen LogP contribution in [0.1, 0.15) is 38.4 Å². The lowest BCUT2D eigenvalue weighted by molar-refractivity contribution is -0.133. The van der Waals surface area contributed by atoms with Crippen LogP contribution in [0.4, 0.5) is 0 Å². The van der Waals surface area contributed by atoms with E-state index in [0.717, 1.165) is 38.3 Å². The maximum Gasteiger partial charge on any atom is 0.420 e. The van der Waals surface area contributed by atoms with Crippen LogP contribution in [0.25, 0.3) is 11.1 Å². The summed E-state index contributed by atoms with van der Waals surface area (Å²) in [5.74, 6) is 1.54. The van der Waals surface area contributed by atoms with Crippen LogP contribution in [0, 0.1) is 5.92 Å². The standard InChI is InChI=1S/C21H26N4O3/c1-15(2)20-22-9-12-24(20)13-16-7-10-23(11-8-16)19(26)14-25-17-5-3-4-6-18(17)28-21(25)27/h3-6,9,12,15-16H,7-8,10-11,13-14H2,1-2H3. The third kappa shape index (κ3) is 3.61. The fraction of sp³-hybridized carbons (Fsp3) is 0.476. The molecule has 1 aliphatic rings. The maximum atomic E-state index is 12.7. The minimum Gasteiger partial charge on any atom is -0.408 e. The number of para-hydroxylation sites is 2. The van der Waals surface area contributed by atoms with Gasteiger partial charge in [-0.15, -0.1) is 0 Å². The average Bonchev–Trinajstić information content (AvgIpc) is 3.27. The Morgan fingerprint density at radius 1 is 1.25 bits per heavy atom. The smallest absolute Gasteiger partial charge is 0.408 e. The molecule has 0 aliphatic carbocycles. The monoisotopic (exact) mass is 382 g/mol. The number of likely N-dealkylation sites (tertiary alicyclic amines) is 1. The van der Waals surface area contributed by atoms with Gasteiger partial charge in [-0.3, -0.25) is 9.36 Å². The van der Waals surface area contributed by atoms with Crippen molar-refractivity contribution < 1.29 is 9.21 Å². The number of fused-ring (bicyclic) bond motifs is 1. The van der Waals surface area contributed by atoms with Crippen molar-refractivity contribution in [3.05, 3.63) is 53.0 Å². The number of rotatable bonds is 5. The number of oxazole rings is 1. The number of hydrogen-bond acceptors (Lipinski definition) is 4. The highest BCUT2D eigenvalue weighted by molar-refractivity contribution is 5.79. The van der Waals surface area contributed by atoms with Crippen molar-refractivity contribution >= 4 is 17.0 Å². The second-order valence-electron chi connectivity index (χ2n) is 7.84. The first-order chi connectivity index (χ1) is 13.5. The molecule has 3 aromatic rings. The van der Waals surface area contributed by atoms with E-state index < -0.39 is 5.76 Å². The first-order valence-electron chi connectivity index (χ1n) is 9.90. The second-order valence-corrected chi connectivity index (χ2v) is 7.84. The number of benzene rings is 1. The summed E-state index contributed by atoms with van der Waals surface area (Å²) >= 11 is 0. The third-order valence-electron chi connectivity index (χ3n) is 5.55. The summed E-state index contributed by atoms with van der Waals surface area (Å²) in [6.45, 7) is 6.73. The van der Waals surface area contributed by atoms with E-state index in [9.17, 15) is 9.59 Å². The Labute approximate surface area is 163 Å². The highest BCUT2D eigenvalue weighted by Crippen LogP contribution is 2.22. The molecule has 2 aromatic heterocycles. The number of carbonyl (C=O) groups is 1. The van der Waals surface area contributed by atoms with E-state index in [4.69, 9.17) is 4.42 Å². The molecule has 7 heteroatoms. The summed E-state index contributed by atoms with van der Waals surface area (Å²) in [4.78, 5) is 31.1. The van der Waals surface area contributed by atoms with Crippen LogP contribution >= 0.6 is 0 Å². The van der Waals surface area contributed by atoms with Crippen molar-refractivity contribution in [2.45, 2.75) is 45.7 Å². The molecular weight excluding hydrogens is 356 g/mol. The molecule has 3 heterocycles. The lowest BCUT2D eigenvalue weighted by Gasteiger charge is -2.32. The van der Waals surface area contributed by atoms with Gasteiger partial charge in [-0.2, -0.15) is 0 Å². The van der Waals surface area contributed by atoms with Crippen LogP contribution in [-0.2, 0) is 17.9 Å². The van der Waals surface area contributed by atoms with E-state index in [2.05, 4.69) is 23.4 Å². The van der Waals surface area contributed by atoms with Crippen LogP contribution in [0.2, 0.25) is 0 Å². The largest absolute Gasteiger partial charge is 0.420 e. The molecule has 4 rings (SSSR count). The number of amides is 1. The van der Waals surface area contributed by atoms with Gasteiger partial charge in [0.1, 0.15) is 12.4 Å². The lowest BCUT2D eigenvalue weighted by atomic mass is 9.96. The predicted molar refractivity (Wildman–Crippen MR) is 106 cm³/mol. The molecule has 1 aliphatic heterocycles. The zero-order valence-electron chi connectivity index (χ0n) is 16.4. The van der Waals surface area contributed by atoms with E-state index in [0.29, 0.717) is 22.9 Å². The number of imidazole rings is 1. The van der Waals surface area contributed by atoms with Gasteiger partial charge in [-0.25, -0.2) is 9.78 Å². The number of piperidine rings is 1. The minimum absolute atomic E-state index is 0.0273.